The van der Waals surface area contributed by atoms with Gasteiger partial charge in [-0.05, 0) is 49.2 Å². The van der Waals surface area contributed by atoms with Gasteiger partial charge in [-0.1, -0.05) is 52.0 Å². The largest absolute Gasteiger partial charge is 0.256 e. The van der Waals surface area contributed by atoms with Crippen molar-refractivity contribution in [1.29, 1.82) is 0 Å². The number of aryl methyl sites for hydroxylation is 2. The van der Waals surface area contributed by atoms with Crippen LogP contribution in [0.3, 0.4) is 0 Å². The molecule has 4 rings (SSSR count). The van der Waals surface area contributed by atoms with Crippen molar-refractivity contribution in [1.82, 2.24) is 14.6 Å². The lowest BCUT2D eigenvalue weighted by Crippen LogP contribution is -1.82. The first-order chi connectivity index (χ1) is 12.3. The molecule has 0 amide bonds. The molecule has 0 atom stereocenters. The van der Waals surface area contributed by atoms with Crippen LogP contribution in [-0.2, 0) is 0 Å². The summed E-state index contributed by atoms with van der Waals surface area (Å²) in [5.74, 6) is 0. The third-order valence-corrected chi connectivity index (χ3v) is 3.48. The molecule has 0 aliphatic rings. The number of pyridine rings is 2. The van der Waals surface area contributed by atoms with E-state index in [0.29, 0.717) is 0 Å². The summed E-state index contributed by atoms with van der Waals surface area (Å²) in [6.07, 6.45) is 5.64. The lowest BCUT2D eigenvalue weighted by molar-refractivity contribution is 0.961. The third-order valence-electron chi connectivity index (χ3n) is 3.48. The molecule has 0 bridgehead atoms. The van der Waals surface area contributed by atoms with Gasteiger partial charge in [0.1, 0.15) is 0 Å². The van der Waals surface area contributed by atoms with Crippen LogP contribution in [0.2, 0.25) is 0 Å². The second kappa shape index (κ2) is 11.0. The quantitative estimate of drug-likeness (QED) is 0.381. The molecule has 3 aromatic heterocycles. The molecular formula is C22H29N3. The molecule has 0 saturated heterocycles. The van der Waals surface area contributed by atoms with Gasteiger partial charge in [0.2, 0.25) is 0 Å². The Labute approximate surface area is 151 Å². The molecule has 0 fully saturated rings. The molecule has 0 radical (unpaired) electrons. The van der Waals surface area contributed by atoms with E-state index in [1.807, 2.05) is 81.1 Å². The fourth-order valence-corrected chi connectivity index (χ4v) is 2.32. The SMILES string of the molecule is CC.CC.Cc1cccc2ncccc12.Cc1cnn2ccccc12. The van der Waals surface area contributed by atoms with Gasteiger partial charge in [-0.3, -0.25) is 4.98 Å². The number of hydrogen-bond donors (Lipinski definition) is 0. The van der Waals surface area contributed by atoms with Crippen molar-refractivity contribution in [3.63, 3.8) is 0 Å². The molecule has 3 heterocycles. The molecule has 0 aliphatic carbocycles. The Morgan fingerprint density at radius 1 is 0.760 bits per heavy atom. The molecular weight excluding hydrogens is 306 g/mol. The predicted molar refractivity (Wildman–Crippen MR) is 109 cm³/mol. The molecule has 0 aliphatic heterocycles. The van der Waals surface area contributed by atoms with Crippen molar-refractivity contribution in [3.05, 3.63) is 78.2 Å². The summed E-state index contributed by atoms with van der Waals surface area (Å²) < 4.78 is 1.87. The van der Waals surface area contributed by atoms with Crippen molar-refractivity contribution < 1.29 is 0 Å². The molecule has 0 N–H and O–H groups in total. The van der Waals surface area contributed by atoms with Crippen LogP contribution in [0.1, 0.15) is 38.8 Å². The summed E-state index contributed by atoms with van der Waals surface area (Å²) in [5, 5.41) is 5.38. The van der Waals surface area contributed by atoms with Gasteiger partial charge in [0.15, 0.2) is 0 Å². The van der Waals surface area contributed by atoms with Gasteiger partial charge in [-0.2, -0.15) is 5.10 Å². The minimum atomic E-state index is 1.08. The van der Waals surface area contributed by atoms with Crippen molar-refractivity contribution in [3.8, 4) is 0 Å². The van der Waals surface area contributed by atoms with Crippen LogP contribution < -0.4 is 0 Å². The molecule has 0 unspecified atom stereocenters. The standard InChI is InChI=1S/C10H9N.C8H8N2.2C2H6/c1-8-4-2-6-10-9(8)5-3-7-11-10;1-7-6-9-10-5-3-2-4-8(7)10;2*1-2/h2-7H,1H3;2-6H,1H3;2*1-2H3. The Bertz CT molecular complexity index is 873. The zero-order valence-corrected chi connectivity index (χ0v) is 16.2. The van der Waals surface area contributed by atoms with E-state index in [1.54, 1.807) is 0 Å². The van der Waals surface area contributed by atoms with Crippen molar-refractivity contribution >= 4 is 16.4 Å². The van der Waals surface area contributed by atoms with E-state index in [1.165, 1.54) is 22.0 Å². The number of benzene rings is 1. The van der Waals surface area contributed by atoms with Gasteiger partial charge in [0.25, 0.3) is 0 Å². The Kier molecular flexibility index (Phi) is 8.94. The minimum absolute atomic E-state index is 1.08. The maximum atomic E-state index is 4.24. The van der Waals surface area contributed by atoms with Crippen LogP contribution in [0.15, 0.2) is 67.1 Å². The fraction of sp³-hybridized carbons (Fsp3) is 0.273. The van der Waals surface area contributed by atoms with E-state index in [-0.39, 0.29) is 0 Å². The number of aromatic nitrogens is 3. The van der Waals surface area contributed by atoms with E-state index < -0.39 is 0 Å². The topological polar surface area (TPSA) is 30.2 Å². The maximum Gasteiger partial charge on any atom is 0.0704 e. The molecule has 3 nitrogen and oxygen atoms in total. The molecule has 0 spiro atoms. The first kappa shape index (κ1) is 20.4. The van der Waals surface area contributed by atoms with Crippen LogP contribution in [0, 0.1) is 13.8 Å². The van der Waals surface area contributed by atoms with E-state index in [0.717, 1.165) is 5.52 Å². The highest BCUT2D eigenvalue weighted by Gasteiger charge is 1.94. The minimum Gasteiger partial charge on any atom is -0.256 e. The van der Waals surface area contributed by atoms with Gasteiger partial charge in [0.05, 0.1) is 17.2 Å². The summed E-state index contributed by atoms with van der Waals surface area (Å²) >= 11 is 0. The van der Waals surface area contributed by atoms with E-state index in [4.69, 9.17) is 0 Å². The molecule has 3 heteroatoms. The van der Waals surface area contributed by atoms with E-state index in [9.17, 15) is 0 Å². The number of nitrogens with zero attached hydrogens (tertiary/aromatic N) is 3. The van der Waals surface area contributed by atoms with Gasteiger partial charge in [-0.15, -0.1) is 0 Å². The summed E-state index contributed by atoms with van der Waals surface area (Å²) in [4.78, 5) is 4.24. The zero-order chi connectivity index (χ0) is 18.7. The Morgan fingerprint density at radius 2 is 1.52 bits per heavy atom. The summed E-state index contributed by atoms with van der Waals surface area (Å²) in [5.41, 5.74) is 4.77. The Hall–Kier alpha value is -2.68. The van der Waals surface area contributed by atoms with E-state index in [2.05, 4.69) is 42.1 Å². The van der Waals surface area contributed by atoms with Gasteiger partial charge in [-0.25, -0.2) is 4.52 Å². The third kappa shape index (κ3) is 5.42. The number of hydrogen-bond acceptors (Lipinski definition) is 2. The first-order valence-corrected chi connectivity index (χ1v) is 8.95. The summed E-state index contributed by atoms with van der Waals surface area (Å²) in [7, 11) is 0. The molecule has 132 valence electrons. The van der Waals surface area contributed by atoms with Crippen LogP contribution in [-0.4, -0.2) is 14.6 Å². The normalized spacial score (nSPS) is 9.20. The molecule has 1 aromatic carbocycles. The average molecular weight is 335 g/mol. The van der Waals surface area contributed by atoms with Crippen molar-refractivity contribution in [2.45, 2.75) is 41.5 Å². The van der Waals surface area contributed by atoms with E-state index >= 15 is 0 Å². The van der Waals surface area contributed by atoms with Crippen molar-refractivity contribution in [2.75, 3.05) is 0 Å². The Morgan fingerprint density at radius 3 is 2.20 bits per heavy atom. The van der Waals surface area contributed by atoms with Gasteiger partial charge >= 0.3 is 0 Å². The monoisotopic (exact) mass is 335 g/mol. The van der Waals surface area contributed by atoms with Crippen LogP contribution in [0.25, 0.3) is 16.4 Å². The highest BCUT2D eigenvalue weighted by molar-refractivity contribution is 5.81. The van der Waals surface area contributed by atoms with Crippen LogP contribution in [0.4, 0.5) is 0 Å². The molecule has 0 saturated carbocycles. The summed E-state index contributed by atoms with van der Waals surface area (Å²) in [6, 6.07) is 16.3. The second-order valence-electron chi connectivity index (χ2n) is 5.00. The lowest BCUT2D eigenvalue weighted by atomic mass is 10.1. The molecule has 25 heavy (non-hydrogen) atoms. The highest BCUT2D eigenvalue weighted by Crippen LogP contribution is 2.14. The lowest BCUT2D eigenvalue weighted by Gasteiger charge is -1.97. The van der Waals surface area contributed by atoms with Gasteiger partial charge in [0, 0.05) is 17.8 Å². The second-order valence-corrected chi connectivity index (χ2v) is 5.00. The highest BCUT2D eigenvalue weighted by atomic mass is 15.2. The first-order valence-electron chi connectivity index (χ1n) is 8.95. The maximum absolute atomic E-state index is 4.24. The van der Waals surface area contributed by atoms with Crippen molar-refractivity contribution in [2.24, 2.45) is 0 Å². The predicted octanol–water partition coefficient (Wildman–Crippen LogP) is 6.24. The zero-order valence-electron chi connectivity index (χ0n) is 16.2. The average Bonchev–Trinajstić information content (AvgIpc) is 3.07. The fourth-order valence-electron chi connectivity index (χ4n) is 2.32. The molecule has 4 aromatic rings. The number of fused-ring (bicyclic) bond motifs is 2. The van der Waals surface area contributed by atoms with Gasteiger partial charge < -0.3 is 0 Å². The number of rotatable bonds is 0. The summed E-state index contributed by atoms with van der Waals surface area (Å²) in [6.45, 7) is 12.2. The smallest absolute Gasteiger partial charge is 0.0704 e. The Balaban J connectivity index is 0.000000210. The van der Waals surface area contributed by atoms with Crippen LogP contribution in [0.5, 0.6) is 0 Å². The van der Waals surface area contributed by atoms with Crippen LogP contribution >= 0.6 is 0 Å².